The highest BCUT2D eigenvalue weighted by Crippen LogP contribution is 2.27. The fraction of sp³-hybridized carbons (Fsp3) is 0.200. The van der Waals surface area contributed by atoms with Gasteiger partial charge in [-0.1, -0.05) is 0 Å². The number of benzene rings is 1. The number of fused-ring (bicyclic) bond motifs is 1. The molecule has 0 aliphatic rings. The molecule has 2 rings (SSSR count). The first-order valence-electron chi connectivity index (χ1n) is 4.32. The lowest BCUT2D eigenvalue weighted by Crippen LogP contribution is -2.16. The molecule has 0 radical (unpaired) electrons. The highest BCUT2D eigenvalue weighted by atomic mass is 79.9. The van der Waals surface area contributed by atoms with Gasteiger partial charge in [-0.25, -0.2) is 4.98 Å². The number of aryl methyl sites for hydroxylation is 1. The highest BCUT2D eigenvalue weighted by molar-refractivity contribution is 9.10. The van der Waals surface area contributed by atoms with Crippen molar-refractivity contribution in [3.8, 4) is 5.75 Å². The van der Waals surface area contributed by atoms with Gasteiger partial charge in [-0.2, -0.15) is 0 Å². The third-order valence-corrected chi connectivity index (χ3v) is 2.81. The Labute approximate surface area is 94.6 Å². The molecule has 1 aromatic heterocycles. The summed E-state index contributed by atoms with van der Waals surface area (Å²) >= 11 is 3.34. The van der Waals surface area contributed by atoms with E-state index in [2.05, 4.69) is 20.9 Å². The van der Waals surface area contributed by atoms with Crippen LogP contribution in [-0.2, 0) is 7.05 Å². The zero-order valence-corrected chi connectivity index (χ0v) is 9.91. The maximum absolute atomic E-state index is 11.7. The Morgan fingerprint density at radius 2 is 2.20 bits per heavy atom. The van der Waals surface area contributed by atoms with Crippen LogP contribution in [0.4, 0.5) is 0 Å². The van der Waals surface area contributed by atoms with E-state index in [1.807, 2.05) is 0 Å². The average molecular weight is 269 g/mol. The van der Waals surface area contributed by atoms with Gasteiger partial charge in [-0.3, -0.25) is 4.79 Å². The van der Waals surface area contributed by atoms with Gasteiger partial charge in [-0.05, 0) is 22.0 Å². The summed E-state index contributed by atoms with van der Waals surface area (Å²) in [5.41, 5.74) is 0.571. The molecule has 0 fully saturated rings. The van der Waals surface area contributed by atoms with Gasteiger partial charge in [-0.15, -0.1) is 0 Å². The molecular weight excluding hydrogens is 260 g/mol. The molecule has 15 heavy (non-hydrogen) atoms. The van der Waals surface area contributed by atoms with E-state index in [-0.39, 0.29) is 5.56 Å². The standard InChI is InChI=1S/C10H9BrN2O2/c1-13-5-12-8-4-9(15-2)7(11)3-6(8)10(13)14/h3-5H,1-2H3. The van der Waals surface area contributed by atoms with E-state index in [1.165, 1.54) is 10.9 Å². The van der Waals surface area contributed by atoms with E-state index < -0.39 is 0 Å². The second kappa shape index (κ2) is 3.66. The summed E-state index contributed by atoms with van der Waals surface area (Å²) in [5, 5.41) is 0.577. The van der Waals surface area contributed by atoms with Crippen LogP contribution in [0.3, 0.4) is 0 Å². The summed E-state index contributed by atoms with van der Waals surface area (Å²) in [6, 6.07) is 3.46. The van der Waals surface area contributed by atoms with E-state index in [0.29, 0.717) is 16.7 Å². The molecule has 78 valence electrons. The molecular formula is C10H9BrN2O2. The van der Waals surface area contributed by atoms with Gasteiger partial charge in [0.15, 0.2) is 0 Å². The summed E-state index contributed by atoms with van der Waals surface area (Å²) in [6.07, 6.45) is 1.50. The van der Waals surface area contributed by atoms with Crippen LogP contribution in [0.15, 0.2) is 27.7 Å². The minimum atomic E-state index is -0.0663. The normalized spacial score (nSPS) is 10.6. The molecule has 2 aromatic rings. The lowest BCUT2D eigenvalue weighted by atomic mass is 10.2. The Kier molecular flexibility index (Phi) is 2.48. The first-order chi connectivity index (χ1) is 7.13. The minimum absolute atomic E-state index is 0.0663. The van der Waals surface area contributed by atoms with Crippen LogP contribution in [0, 0.1) is 0 Å². The topological polar surface area (TPSA) is 44.1 Å². The van der Waals surface area contributed by atoms with Gasteiger partial charge >= 0.3 is 0 Å². The van der Waals surface area contributed by atoms with E-state index in [0.717, 1.165) is 4.47 Å². The van der Waals surface area contributed by atoms with Gasteiger partial charge in [0, 0.05) is 13.1 Å². The monoisotopic (exact) mass is 268 g/mol. The average Bonchev–Trinajstić information content (AvgIpc) is 2.24. The van der Waals surface area contributed by atoms with Crippen molar-refractivity contribution in [3.05, 3.63) is 33.3 Å². The van der Waals surface area contributed by atoms with Gasteiger partial charge in [0.25, 0.3) is 5.56 Å². The molecule has 0 aliphatic heterocycles. The quantitative estimate of drug-likeness (QED) is 0.791. The summed E-state index contributed by atoms with van der Waals surface area (Å²) in [4.78, 5) is 15.9. The fourth-order valence-corrected chi connectivity index (χ4v) is 1.87. The maximum atomic E-state index is 11.7. The summed E-state index contributed by atoms with van der Waals surface area (Å²) in [5.74, 6) is 0.670. The van der Waals surface area contributed by atoms with Crippen molar-refractivity contribution in [3.63, 3.8) is 0 Å². The van der Waals surface area contributed by atoms with E-state index in [9.17, 15) is 4.79 Å². The van der Waals surface area contributed by atoms with Gasteiger partial charge in [0.05, 0.1) is 28.8 Å². The second-order valence-corrected chi connectivity index (χ2v) is 4.02. The van der Waals surface area contributed by atoms with Gasteiger partial charge in [0.2, 0.25) is 0 Å². The van der Waals surface area contributed by atoms with Crippen LogP contribution >= 0.6 is 15.9 Å². The van der Waals surface area contributed by atoms with Crippen molar-refractivity contribution in [1.82, 2.24) is 9.55 Å². The highest BCUT2D eigenvalue weighted by Gasteiger charge is 2.07. The predicted octanol–water partition coefficient (Wildman–Crippen LogP) is 1.70. The number of methoxy groups -OCH3 is 1. The number of hydrogen-bond donors (Lipinski definition) is 0. The first-order valence-corrected chi connectivity index (χ1v) is 5.11. The van der Waals surface area contributed by atoms with Crippen molar-refractivity contribution < 1.29 is 4.74 Å². The predicted molar refractivity (Wildman–Crippen MR) is 61.2 cm³/mol. The number of rotatable bonds is 1. The molecule has 0 unspecified atom stereocenters. The number of halogens is 1. The van der Waals surface area contributed by atoms with Crippen LogP contribution < -0.4 is 10.3 Å². The second-order valence-electron chi connectivity index (χ2n) is 3.16. The molecule has 4 nitrogen and oxygen atoms in total. The number of aromatic nitrogens is 2. The molecule has 1 aromatic carbocycles. The molecule has 5 heteroatoms. The number of hydrogen-bond acceptors (Lipinski definition) is 3. The van der Waals surface area contributed by atoms with E-state index in [4.69, 9.17) is 4.74 Å². The molecule has 0 amide bonds. The zero-order chi connectivity index (χ0) is 11.0. The first kappa shape index (κ1) is 10.2. The molecule has 0 atom stereocenters. The summed E-state index contributed by atoms with van der Waals surface area (Å²) < 4.78 is 7.33. The van der Waals surface area contributed by atoms with Crippen LogP contribution in [0.2, 0.25) is 0 Å². The summed E-state index contributed by atoms with van der Waals surface area (Å²) in [7, 11) is 3.25. The van der Waals surface area contributed by atoms with Gasteiger partial charge in [0.1, 0.15) is 5.75 Å². The Hall–Kier alpha value is -1.36. The van der Waals surface area contributed by atoms with Crippen molar-refractivity contribution in [2.75, 3.05) is 7.11 Å². The SMILES string of the molecule is COc1cc2ncn(C)c(=O)c2cc1Br. The van der Waals surface area contributed by atoms with Crippen LogP contribution in [0.5, 0.6) is 5.75 Å². The largest absolute Gasteiger partial charge is 0.495 e. The Balaban J connectivity index is 2.88. The smallest absolute Gasteiger partial charge is 0.260 e. The molecule has 1 heterocycles. The summed E-state index contributed by atoms with van der Waals surface area (Å²) in [6.45, 7) is 0. The Morgan fingerprint density at radius 3 is 2.87 bits per heavy atom. The minimum Gasteiger partial charge on any atom is -0.495 e. The molecule has 0 aliphatic carbocycles. The Bertz CT molecular complexity index is 577. The fourth-order valence-electron chi connectivity index (χ4n) is 1.37. The molecule has 0 spiro atoms. The Morgan fingerprint density at radius 1 is 1.47 bits per heavy atom. The molecule has 0 saturated carbocycles. The van der Waals surface area contributed by atoms with Gasteiger partial charge < -0.3 is 9.30 Å². The third-order valence-electron chi connectivity index (χ3n) is 2.19. The van der Waals surface area contributed by atoms with Crippen molar-refractivity contribution >= 4 is 26.8 Å². The van der Waals surface area contributed by atoms with Crippen LogP contribution in [-0.4, -0.2) is 16.7 Å². The number of nitrogens with zero attached hydrogens (tertiary/aromatic N) is 2. The molecule has 0 bridgehead atoms. The van der Waals surface area contributed by atoms with Crippen molar-refractivity contribution in [2.24, 2.45) is 7.05 Å². The molecule has 0 N–H and O–H groups in total. The van der Waals surface area contributed by atoms with E-state index in [1.54, 1.807) is 26.3 Å². The lowest BCUT2D eigenvalue weighted by molar-refractivity contribution is 0.412. The zero-order valence-electron chi connectivity index (χ0n) is 8.32. The van der Waals surface area contributed by atoms with Crippen LogP contribution in [0.1, 0.15) is 0 Å². The maximum Gasteiger partial charge on any atom is 0.260 e. The molecule has 0 saturated heterocycles. The van der Waals surface area contributed by atoms with Crippen molar-refractivity contribution in [1.29, 1.82) is 0 Å². The third kappa shape index (κ3) is 1.63. The van der Waals surface area contributed by atoms with Crippen molar-refractivity contribution in [2.45, 2.75) is 0 Å². The van der Waals surface area contributed by atoms with E-state index >= 15 is 0 Å². The lowest BCUT2D eigenvalue weighted by Gasteiger charge is -2.05. The number of ether oxygens (including phenoxy) is 1. The van der Waals surface area contributed by atoms with Crippen LogP contribution in [0.25, 0.3) is 10.9 Å².